The third kappa shape index (κ3) is 2.36. The maximum atomic E-state index is 4.48. The lowest BCUT2D eigenvalue weighted by Gasteiger charge is -2.22. The van der Waals surface area contributed by atoms with Crippen molar-refractivity contribution < 1.29 is 0 Å². The third-order valence-electron chi connectivity index (χ3n) is 2.95. The summed E-state index contributed by atoms with van der Waals surface area (Å²) in [5.41, 5.74) is 1.07. The molecule has 0 spiro atoms. The van der Waals surface area contributed by atoms with E-state index >= 15 is 0 Å². The summed E-state index contributed by atoms with van der Waals surface area (Å²) in [4.78, 5) is 15.3. The summed E-state index contributed by atoms with van der Waals surface area (Å²) in [7, 11) is 0. The van der Waals surface area contributed by atoms with E-state index in [0.29, 0.717) is 0 Å². The molecule has 0 aliphatic rings. The van der Waals surface area contributed by atoms with Gasteiger partial charge in [0.1, 0.15) is 17.5 Å². The van der Waals surface area contributed by atoms with Gasteiger partial charge in [-0.25, -0.2) is 15.0 Å². The Kier molecular flexibility index (Phi) is 3.37. The van der Waals surface area contributed by atoms with E-state index in [1.165, 1.54) is 0 Å². The van der Waals surface area contributed by atoms with Crippen molar-refractivity contribution in [3.8, 4) is 0 Å². The zero-order chi connectivity index (χ0) is 13.8. The highest BCUT2D eigenvalue weighted by Gasteiger charge is 2.16. The van der Waals surface area contributed by atoms with Crippen molar-refractivity contribution in [3.63, 3.8) is 0 Å². The minimum Gasteiger partial charge on any atom is -0.262 e. The van der Waals surface area contributed by atoms with Crippen LogP contribution in [0.2, 0.25) is 0 Å². The third-order valence-corrected chi connectivity index (χ3v) is 2.95. The average Bonchev–Trinajstić information content (AvgIpc) is 2.52. The Labute approximate surface area is 117 Å². The molecule has 0 amide bonds. The molecule has 4 nitrogen and oxygen atoms in total. The predicted molar refractivity (Wildman–Crippen MR) is 79.2 cm³/mol. The quantitative estimate of drug-likeness (QED) is 0.722. The maximum absolute atomic E-state index is 4.48. The lowest BCUT2D eigenvalue weighted by Crippen LogP contribution is -2.15. The molecule has 0 N–H and O–H groups in total. The molecule has 3 aromatic heterocycles. The van der Waals surface area contributed by atoms with Crippen LogP contribution >= 0.6 is 0 Å². The molecule has 0 bridgehead atoms. The normalized spacial score (nSPS) is 10.2. The highest BCUT2D eigenvalue weighted by Crippen LogP contribution is 2.31. The van der Waals surface area contributed by atoms with Gasteiger partial charge in [-0.1, -0.05) is 18.2 Å². The number of aryl methyl sites for hydroxylation is 1. The van der Waals surface area contributed by atoms with Gasteiger partial charge in [0, 0.05) is 18.6 Å². The van der Waals surface area contributed by atoms with Gasteiger partial charge >= 0.3 is 0 Å². The van der Waals surface area contributed by atoms with Crippen molar-refractivity contribution in [3.05, 3.63) is 72.7 Å². The van der Waals surface area contributed by atoms with Crippen molar-refractivity contribution in [2.24, 2.45) is 0 Å². The Balaban J connectivity index is 2.17. The smallest absolute Gasteiger partial charge is 0.142 e. The summed E-state index contributed by atoms with van der Waals surface area (Å²) in [6.07, 6.45) is 5.31. The first-order valence-corrected chi connectivity index (χ1v) is 6.40. The fraction of sp³-hybridized carbons (Fsp3) is 0.0625. The molecule has 0 aliphatic carbocycles. The average molecular weight is 262 g/mol. The van der Waals surface area contributed by atoms with Crippen molar-refractivity contribution in [2.45, 2.75) is 6.92 Å². The van der Waals surface area contributed by atoms with E-state index in [1.807, 2.05) is 60.4 Å². The first-order chi connectivity index (χ1) is 9.86. The molecule has 0 radical (unpaired) electrons. The predicted octanol–water partition coefficient (Wildman–Crippen LogP) is 3.65. The summed E-state index contributed by atoms with van der Waals surface area (Å²) >= 11 is 0. The molecule has 0 unspecified atom stereocenters. The lowest BCUT2D eigenvalue weighted by molar-refractivity contribution is 1.07. The van der Waals surface area contributed by atoms with E-state index in [0.717, 1.165) is 23.0 Å². The molecule has 4 heteroatoms. The zero-order valence-electron chi connectivity index (χ0n) is 11.1. The Bertz CT molecular complexity index is 644. The molecular formula is C16H14N4. The van der Waals surface area contributed by atoms with Crippen molar-refractivity contribution in [2.75, 3.05) is 4.90 Å². The Morgan fingerprint density at radius 1 is 0.700 bits per heavy atom. The second kappa shape index (κ2) is 5.48. The van der Waals surface area contributed by atoms with Crippen LogP contribution in [-0.2, 0) is 0 Å². The standard InChI is InChI=1S/C16H14N4/c1-13-7-6-12-19-16(13)20(14-8-2-4-10-17-14)15-9-3-5-11-18-15/h2-12H,1H3. The molecule has 0 aromatic carbocycles. The van der Waals surface area contributed by atoms with Crippen LogP contribution in [-0.4, -0.2) is 15.0 Å². The number of hydrogen-bond acceptors (Lipinski definition) is 4. The largest absolute Gasteiger partial charge is 0.262 e. The first-order valence-electron chi connectivity index (χ1n) is 6.40. The number of aromatic nitrogens is 3. The van der Waals surface area contributed by atoms with E-state index in [4.69, 9.17) is 0 Å². The van der Waals surface area contributed by atoms with Gasteiger partial charge in [-0.15, -0.1) is 0 Å². The molecule has 3 heterocycles. The van der Waals surface area contributed by atoms with Gasteiger partial charge in [-0.3, -0.25) is 4.90 Å². The van der Waals surface area contributed by atoms with E-state index in [-0.39, 0.29) is 0 Å². The van der Waals surface area contributed by atoms with Gasteiger partial charge < -0.3 is 0 Å². The second-order valence-electron chi connectivity index (χ2n) is 4.36. The fourth-order valence-corrected chi connectivity index (χ4v) is 2.02. The number of nitrogens with zero attached hydrogens (tertiary/aromatic N) is 4. The Hall–Kier alpha value is -2.75. The van der Waals surface area contributed by atoms with Crippen LogP contribution in [0.5, 0.6) is 0 Å². The highest BCUT2D eigenvalue weighted by atomic mass is 15.3. The van der Waals surface area contributed by atoms with Gasteiger partial charge in [-0.05, 0) is 42.8 Å². The fourth-order valence-electron chi connectivity index (χ4n) is 2.02. The topological polar surface area (TPSA) is 41.9 Å². The highest BCUT2D eigenvalue weighted by molar-refractivity contribution is 5.71. The molecule has 0 saturated carbocycles. The van der Waals surface area contributed by atoms with Gasteiger partial charge in [0.2, 0.25) is 0 Å². The maximum Gasteiger partial charge on any atom is 0.142 e. The molecular weight excluding hydrogens is 248 g/mol. The molecule has 3 rings (SSSR count). The Morgan fingerprint density at radius 2 is 1.30 bits per heavy atom. The Morgan fingerprint density at radius 3 is 1.80 bits per heavy atom. The van der Waals surface area contributed by atoms with Crippen LogP contribution in [0.4, 0.5) is 17.5 Å². The molecule has 3 aromatic rings. The van der Waals surface area contributed by atoms with Crippen LogP contribution in [0.1, 0.15) is 5.56 Å². The van der Waals surface area contributed by atoms with Gasteiger partial charge in [0.05, 0.1) is 0 Å². The van der Waals surface area contributed by atoms with E-state index < -0.39 is 0 Å². The summed E-state index contributed by atoms with van der Waals surface area (Å²) < 4.78 is 0. The molecule has 98 valence electrons. The summed E-state index contributed by atoms with van der Waals surface area (Å²) in [5, 5.41) is 0. The van der Waals surface area contributed by atoms with Crippen LogP contribution in [0, 0.1) is 6.92 Å². The monoisotopic (exact) mass is 262 g/mol. The SMILES string of the molecule is Cc1cccnc1N(c1ccccn1)c1ccccn1. The number of anilines is 3. The minimum atomic E-state index is 0.799. The molecule has 0 aliphatic heterocycles. The second-order valence-corrected chi connectivity index (χ2v) is 4.36. The van der Waals surface area contributed by atoms with Crippen molar-refractivity contribution in [1.29, 1.82) is 0 Å². The van der Waals surface area contributed by atoms with Gasteiger partial charge in [-0.2, -0.15) is 0 Å². The lowest BCUT2D eigenvalue weighted by atomic mass is 10.2. The van der Waals surface area contributed by atoms with Gasteiger partial charge in [0.25, 0.3) is 0 Å². The number of hydrogen-bond donors (Lipinski definition) is 0. The van der Waals surface area contributed by atoms with Gasteiger partial charge in [0.15, 0.2) is 0 Å². The van der Waals surface area contributed by atoms with Crippen LogP contribution in [0.25, 0.3) is 0 Å². The summed E-state index contributed by atoms with van der Waals surface area (Å²) in [6, 6.07) is 15.5. The van der Waals surface area contributed by atoms with Crippen molar-refractivity contribution in [1.82, 2.24) is 15.0 Å². The number of rotatable bonds is 3. The number of pyridine rings is 3. The van der Waals surface area contributed by atoms with Crippen LogP contribution in [0.15, 0.2) is 67.1 Å². The van der Waals surface area contributed by atoms with Crippen LogP contribution < -0.4 is 4.90 Å². The molecule has 0 saturated heterocycles. The van der Waals surface area contributed by atoms with E-state index in [2.05, 4.69) is 15.0 Å². The minimum absolute atomic E-state index is 0.799. The molecule has 0 fully saturated rings. The molecule has 20 heavy (non-hydrogen) atoms. The first kappa shape index (κ1) is 12.3. The van der Waals surface area contributed by atoms with E-state index in [9.17, 15) is 0 Å². The molecule has 0 atom stereocenters. The van der Waals surface area contributed by atoms with E-state index in [1.54, 1.807) is 18.6 Å². The van der Waals surface area contributed by atoms with Crippen molar-refractivity contribution >= 4 is 17.5 Å². The summed E-state index contributed by atoms with van der Waals surface area (Å²) in [5.74, 6) is 2.44. The summed E-state index contributed by atoms with van der Waals surface area (Å²) in [6.45, 7) is 2.03. The van der Waals surface area contributed by atoms with Crippen LogP contribution in [0.3, 0.4) is 0 Å². The zero-order valence-corrected chi connectivity index (χ0v) is 11.1.